The van der Waals surface area contributed by atoms with Crippen molar-refractivity contribution in [1.82, 2.24) is 9.97 Å². The van der Waals surface area contributed by atoms with E-state index in [9.17, 15) is 18.8 Å². The molecule has 10 heteroatoms. The van der Waals surface area contributed by atoms with Gasteiger partial charge in [-0.15, -0.1) is 0 Å². The zero-order valence-corrected chi connectivity index (χ0v) is 16.3. The number of H-pyrrole nitrogens is 1. The number of carbonyl (C=O) groups excluding carboxylic acids is 2. The van der Waals surface area contributed by atoms with Gasteiger partial charge < -0.3 is 14.5 Å². The molecule has 2 N–H and O–H groups in total. The minimum atomic E-state index is -0.719. The molecule has 0 spiro atoms. The number of rotatable bonds is 6. The Hall–Kier alpha value is -3.53. The Morgan fingerprint density at radius 3 is 2.79 bits per heavy atom. The SMILES string of the molecule is COC(=O)c1nc(NC(=O)COc2c[nH]c(C)cc2=O)sc1-c1cccc(F)c1. The zero-order chi connectivity index (χ0) is 21.0. The highest BCUT2D eigenvalue weighted by Crippen LogP contribution is 2.33. The summed E-state index contributed by atoms with van der Waals surface area (Å²) in [5.74, 6) is -1.78. The Morgan fingerprint density at radius 2 is 2.10 bits per heavy atom. The van der Waals surface area contributed by atoms with Gasteiger partial charge in [-0.1, -0.05) is 23.5 Å². The van der Waals surface area contributed by atoms with Crippen LogP contribution in [0.5, 0.6) is 5.75 Å². The maximum atomic E-state index is 13.6. The van der Waals surface area contributed by atoms with E-state index in [2.05, 4.69) is 15.3 Å². The zero-order valence-electron chi connectivity index (χ0n) is 15.4. The van der Waals surface area contributed by atoms with Crippen molar-refractivity contribution < 1.29 is 23.5 Å². The van der Waals surface area contributed by atoms with Gasteiger partial charge in [0.2, 0.25) is 5.43 Å². The topological polar surface area (TPSA) is 110 Å². The highest BCUT2D eigenvalue weighted by atomic mass is 32.1. The van der Waals surface area contributed by atoms with Crippen molar-refractivity contribution >= 4 is 28.3 Å². The van der Waals surface area contributed by atoms with Crippen LogP contribution >= 0.6 is 11.3 Å². The average Bonchev–Trinajstić information content (AvgIpc) is 3.10. The molecule has 2 heterocycles. The Kier molecular flexibility index (Phi) is 6.03. The fraction of sp³-hybridized carbons (Fsp3) is 0.158. The van der Waals surface area contributed by atoms with Gasteiger partial charge in [-0.05, 0) is 24.6 Å². The predicted octanol–water partition coefficient (Wildman–Crippen LogP) is 2.75. The molecule has 3 rings (SSSR count). The molecule has 0 unspecified atom stereocenters. The number of hydrogen-bond donors (Lipinski definition) is 2. The number of aryl methyl sites for hydroxylation is 1. The third-order valence-corrected chi connectivity index (χ3v) is 4.74. The summed E-state index contributed by atoms with van der Waals surface area (Å²) in [5.41, 5.74) is 0.680. The van der Waals surface area contributed by atoms with Gasteiger partial charge in [0, 0.05) is 18.0 Å². The summed E-state index contributed by atoms with van der Waals surface area (Å²) in [6.45, 7) is 1.28. The van der Waals surface area contributed by atoms with Crippen LogP contribution in [0.1, 0.15) is 16.2 Å². The molecule has 29 heavy (non-hydrogen) atoms. The number of aromatic amines is 1. The standard InChI is InChI=1S/C19H16FN3O5S/c1-10-6-13(24)14(8-21-10)28-9-15(25)22-19-23-16(18(26)27-2)17(29-19)11-4-3-5-12(20)7-11/h3-8H,9H2,1-2H3,(H,21,24)(H,22,23,25). The van der Waals surface area contributed by atoms with E-state index in [4.69, 9.17) is 9.47 Å². The molecular formula is C19H16FN3O5S. The van der Waals surface area contributed by atoms with Crippen LogP contribution < -0.4 is 15.5 Å². The van der Waals surface area contributed by atoms with Crippen molar-refractivity contribution in [3.05, 3.63) is 64.0 Å². The second-order valence-corrected chi connectivity index (χ2v) is 6.88. The first-order chi connectivity index (χ1) is 13.9. The number of thiazole rings is 1. The largest absolute Gasteiger partial charge is 0.478 e. The number of anilines is 1. The van der Waals surface area contributed by atoms with Gasteiger partial charge in [-0.25, -0.2) is 14.2 Å². The maximum absolute atomic E-state index is 13.6. The minimum absolute atomic E-state index is 0.000545. The molecule has 0 atom stereocenters. The first-order valence-electron chi connectivity index (χ1n) is 8.34. The second-order valence-electron chi connectivity index (χ2n) is 5.88. The lowest BCUT2D eigenvalue weighted by Gasteiger charge is -2.05. The predicted molar refractivity (Wildman–Crippen MR) is 105 cm³/mol. The number of methoxy groups -OCH3 is 1. The van der Waals surface area contributed by atoms with Crippen LogP contribution in [0.3, 0.4) is 0 Å². The average molecular weight is 417 g/mol. The molecule has 1 aromatic carbocycles. The summed E-state index contributed by atoms with van der Waals surface area (Å²) in [5, 5.41) is 2.60. The molecule has 0 aliphatic heterocycles. The second kappa shape index (κ2) is 8.65. The number of ether oxygens (including phenoxy) is 2. The number of carbonyl (C=O) groups is 2. The summed E-state index contributed by atoms with van der Waals surface area (Å²) in [6, 6.07) is 6.98. The fourth-order valence-corrected chi connectivity index (χ4v) is 3.37. The van der Waals surface area contributed by atoms with Crippen LogP contribution in [0, 0.1) is 12.7 Å². The van der Waals surface area contributed by atoms with E-state index in [0.717, 1.165) is 11.3 Å². The summed E-state index contributed by atoms with van der Waals surface area (Å²) >= 11 is 0.986. The van der Waals surface area contributed by atoms with E-state index in [1.165, 1.54) is 37.6 Å². The Labute approximate surface area is 168 Å². The van der Waals surface area contributed by atoms with Crippen LogP contribution in [-0.4, -0.2) is 35.6 Å². The Bertz CT molecular complexity index is 1130. The summed E-state index contributed by atoms with van der Waals surface area (Å²) in [6.07, 6.45) is 1.37. The Balaban J connectivity index is 1.77. The summed E-state index contributed by atoms with van der Waals surface area (Å²) in [7, 11) is 1.20. The van der Waals surface area contributed by atoms with Gasteiger partial charge in [0.05, 0.1) is 12.0 Å². The van der Waals surface area contributed by atoms with E-state index >= 15 is 0 Å². The molecule has 0 saturated heterocycles. The van der Waals surface area contributed by atoms with Crippen LogP contribution in [0.4, 0.5) is 9.52 Å². The van der Waals surface area contributed by atoms with Crippen LogP contribution in [0.2, 0.25) is 0 Å². The maximum Gasteiger partial charge on any atom is 0.358 e. The monoisotopic (exact) mass is 417 g/mol. The molecule has 3 aromatic rings. The van der Waals surface area contributed by atoms with Crippen molar-refractivity contribution in [3.63, 3.8) is 0 Å². The smallest absolute Gasteiger partial charge is 0.358 e. The van der Waals surface area contributed by atoms with Crippen LogP contribution in [0.25, 0.3) is 10.4 Å². The fourth-order valence-electron chi connectivity index (χ4n) is 2.41. The third-order valence-electron chi connectivity index (χ3n) is 3.72. The van der Waals surface area contributed by atoms with Crippen LogP contribution in [-0.2, 0) is 9.53 Å². The number of amides is 1. The van der Waals surface area contributed by atoms with Gasteiger partial charge in [0.25, 0.3) is 5.91 Å². The van der Waals surface area contributed by atoms with E-state index < -0.39 is 24.3 Å². The molecule has 2 aromatic heterocycles. The first-order valence-corrected chi connectivity index (χ1v) is 9.16. The molecule has 1 amide bonds. The van der Waals surface area contributed by atoms with Crippen molar-refractivity contribution in [2.24, 2.45) is 0 Å². The van der Waals surface area contributed by atoms with Gasteiger partial charge in [0.1, 0.15) is 5.82 Å². The quantitative estimate of drug-likeness (QED) is 0.597. The normalized spacial score (nSPS) is 10.4. The third kappa shape index (κ3) is 4.85. The van der Waals surface area contributed by atoms with E-state index in [-0.39, 0.29) is 22.0 Å². The number of nitrogens with zero attached hydrogens (tertiary/aromatic N) is 1. The first kappa shape index (κ1) is 20.2. The van der Waals surface area contributed by atoms with Crippen molar-refractivity contribution in [3.8, 4) is 16.2 Å². The van der Waals surface area contributed by atoms with Gasteiger partial charge in [-0.3, -0.25) is 14.9 Å². The number of hydrogen-bond acceptors (Lipinski definition) is 7. The highest BCUT2D eigenvalue weighted by Gasteiger charge is 2.21. The number of aromatic nitrogens is 2. The van der Waals surface area contributed by atoms with Crippen LogP contribution in [0.15, 0.2) is 41.3 Å². The number of pyridine rings is 1. The molecule has 0 aliphatic carbocycles. The summed E-state index contributed by atoms with van der Waals surface area (Å²) < 4.78 is 23.5. The van der Waals surface area contributed by atoms with E-state index in [0.29, 0.717) is 16.1 Å². The minimum Gasteiger partial charge on any atom is -0.478 e. The van der Waals surface area contributed by atoms with Gasteiger partial charge >= 0.3 is 5.97 Å². The lowest BCUT2D eigenvalue weighted by molar-refractivity contribution is -0.118. The summed E-state index contributed by atoms with van der Waals surface area (Å²) in [4.78, 5) is 43.2. The van der Waals surface area contributed by atoms with Crippen molar-refractivity contribution in [1.29, 1.82) is 0 Å². The number of nitrogens with one attached hydrogen (secondary N) is 2. The lowest BCUT2D eigenvalue weighted by Crippen LogP contribution is -2.22. The highest BCUT2D eigenvalue weighted by molar-refractivity contribution is 7.19. The lowest BCUT2D eigenvalue weighted by atomic mass is 10.1. The number of benzene rings is 1. The van der Waals surface area contributed by atoms with E-state index in [1.807, 2.05) is 0 Å². The molecule has 0 saturated carbocycles. The van der Waals surface area contributed by atoms with Gasteiger partial charge in [0.15, 0.2) is 23.2 Å². The molecule has 150 valence electrons. The van der Waals surface area contributed by atoms with Gasteiger partial charge in [-0.2, -0.15) is 0 Å². The number of esters is 1. The Morgan fingerprint density at radius 1 is 1.31 bits per heavy atom. The molecule has 0 radical (unpaired) electrons. The molecule has 8 nitrogen and oxygen atoms in total. The molecule has 0 fully saturated rings. The van der Waals surface area contributed by atoms with E-state index in [1.54, 1.807) is 13.0 Å². The number of halogens is 1. The van der Waals surface area contributed by atoms with Crippen molar-refractivity contribution in [2.75, 3.05) is 19.0 Å². The van der Waals surface area contributed by atoms with Crippen molar-refractivity contribution in [2.45, 2.75) is 6.92 Å². The molecular weight excluding hydrogens is 401 g/mol. The molecule has 0 aliphatic rings. The molecule has 0 bridgehead atoms.